The van der Waals surface area contributed by atoms with Crippen LogP contribution in [0, 0.1) is 5.92 Å². The molecule has 1 aromatic carbocycles. The van der Waals surface area contributed by atoms with Crippen LogP contribution in [0.5, 0.6) is 5.75 Å². The average molecular weight is 403 g/mol. The van der Waals surface area contributed by atoms with Gasteiger partial charge in [0.1, 0.15) is 5.75 Å². The molecular weight excluding hydrogens is 387 g/mol. The lowest BCUT2D eigenvalue weighted by atomic mass is 9.88. The number of hydrogen-bond acceptors (Lipinski definition) is 6. The zero-order valence-electron chi connectivity index (χ0n) is 13.4. The maximum atomic E-state index is 12.3. The van der Waals surface area contributed by atoms with Gasteiger partial charge in [-0.05, 0) is 23.6 Å². The molecule has 0 aromatic heterocycles. The number of nitrogens with one attached hydrogen (secondary N) is 1. The highest BCUT2D eigenvalue weighted by Gasteiger charge is 2.48. The van der Waals surface area contributed by atoms with E-state index < -0.39 is 43.2 Å². The van der Waals surface area contributed by atoms with E-state index in [2.05, 4.69) is 4.18 Å². The molecule has 0 heterocycles. The predicted octanol–water partition coefficient (Wildman–Crippen LogP) is 1.73. The second kappa shape index (κ2) is 7.20. The summed E-state index contributed by atoms with van der Waals surface area (Å²) in [5, 5.41) is 0. The van der Waals surface area contributed by atoms with Crippen molar-refractivity contribution in [2.24, 2.45) is 5.92 Å². The minimum absolute atomic E-state index is 0.285. The van der Waals surface area contributed by atoms with Crippen LogP contribution in [0.4, 0.5) is 13.2 Å². The molecule has 1 atom stereocenters. The Balaban J connectivity index is 3.08. The largest absolute Gasteiger partial charge is 0.534 e. The molecule has 0 aliphatic heterocycles. The van der Waals surface area contributed by atoms with Gasteiger partial charge in [-0.15, -0.1) is 0 Å². The fourth-order valence-electron chi connectivity index (χ4n) is 1.99. The van der Waals surface area contributed by atoms with E-state index in [0.717, 1.165) is 18.4 Å². The Labute approximate surface area is 143 Å². The van der Waals surface area contributed by atoms with Crippen molar-refractivity contribution in [3.05, 3.63) is 29.8 Å². The molecule has 1 aromatic rings. The maximum absolute atomic E-state index is 12.3. The van der Waals surface area contributed by atoms with Crippen LogP contribution in [0.25, 0.3) is 0 Å². The van der Waals surface area contributed by atoms with Crippen LogP contribution in [-0.4, -0.2) is 34.5 Å². The van der Waals surface area contributed by atoms with Crippen molar-refractivity contribution in [1.29, 1.82) is 0 Å². The molecule has 0 aliphatic carbocycles. The molecule has 0 fully saturated rings. The van der Waals surface area contributed by atoms with Gasteiger partial charge in [-0.2, -0.15) is 21.6 Å². The van der Waals surface area contributed by atoms with Crippen LogP contribution < -0.4 is 8.91 Å². The van der Waals surface area contributed by atoms with Gasteiger partial charge in [0, 0.05) is 0 Å². The fraction of sp³-hybridized carbons (Fsp3) is 0.462. The van der Waals surface area contributed by atoms with E-state index in [1.165, 1.54) is 12.1 Å². The quantitative estimate of drug-likeness (QED) is 0.573. The minimum Gasteiger partial charge on any atom is -0.376 e. The Morgan fingerprint density at radius 3 is 1.92 bits per heavy atom. The summed E-state index contributed by atoms with van der Waals surface area (Å²) < 4.78 is 86.8. The van der Waals surface area contributed by atoms with Gasteiger partial charge in [0.15, 0.2) is 0 Å². The third-order valence-electron chi connectivity index (χ3n) is 2.96. The van der Waals surface area contributed by atoms with Crippen LogP contribution in [-0.2, 0) is 24.9 Å². The number of amides is 1. The zero-order chi connectivity index (χ0) is 19.6. The first-order valence-corrected chi connectivity index (χ1v) is 10.1. The van der Waals surface area contributed by atoms with E-state index in [1.807, 2.05) is 4.72 Å². The number of benzene rings is 1. The first kappa shape index (κ1) is 21.2. The van der Waals surface area contributed by atoms with Gasteiger partial charge in [0.2, 0.25) is 15.9 Å². The molecule has 1 rings (SSSR count). The lowest BCUT2D eigenvalue weighted by Gasteiger charge is -2.20. The summed E-state index contributed by atoms with van der Waals surface area (Å²) in [7, 11) is -9.59. The van der Waals surface area contributed by atoms with Gasteiger partial charge in [-0.3, -0.25) is 9.52 Å². The number of carbonyl (C=O) groups is 1. The van der Waals surface area contributed by atoms with Crippen LogP contribution in [0.2, 0.25) is 0 Å². The number of rotatable bonds is 6. The standard InChI is InChI=1S/C13H16F3NO6S2/c1-8(2)11(12(18)17-24(3,19)20)9-4-6-10(7-5-9)23-25(21,22)13(14,15)16/h4-8,11H,1-3H3,(H,17,18). The Kier molecular flexibility index (Phi) is 6.11. The number of halogens is 3. The van der Waals surface area contributed by atoms with Crippen LogP contribution in [0.15, 0.2) is 24.3 Å². The van der Waals surface area contributed by atoms with Crippen molar-refractivity contribution in [2.75, 3.05) is 6.26 Å². The topological polar surface area (TPSA) is 107 Å². The molecule has 0 saturated heterocycles. The molecule has 142 valence electrons. The predicted molar refractivity (Wildman–Crippen MR) is 82.6 cm³/mol. The summed E-state index contributed by atoms with van der Waals surface area (Å²) in [6.45, 7) is 3.29. The summed E-state index contributed by atoms with van der Waals surface area (Å²) in [6, 6.07) is 4.27. The molecule has 0 aliphatic rings. The van der Waals surface area contributed by atoms with Gasteiger partial charge >= 0.3 is 15.6 Å². The Morgan fingerprint density at radius 1 is 1.08 bits per heavy atom. The smallest absolute Gasteiger partial charge is 0.376 e. The second-order valence-electron chi connectivity index (χ2n) is 5.51. The summed E-state index contributed by atoms with van der Waals surface area (Å²) in [6.07, 6.45) is 0.807. The highest BCUT2D eigenvalue weighted by Crippen LogP contribution is 2.30. The van der Waals surface area contributed by atoms with Crippen LogP contribution >= 0.6 is 0 Å². The van der Waals surface area contributed by atoms with Gasteiger partial charge in [0.05, 0.1) is 12.2 Å². The van der Waals surface area contributed by atoms with E-state index in [1.54, 1.807) is 13.8 Å². The average Bonchev–Trinajstić information content (AvgIpc) is 2.36. The lowest BCUT2D eigenvalue weighted by molar-refractivity contribution is -0.121. The number of alkyl halides is 3. The van der Waals surface area contributed by atoms with E-state index >= 15 is 0 Å². The SMILES string of the molecule is CC(C)C(C(=O)NS(C)(=O)=O)c1ccc(OS(=O)(=O)C(F)(F)F)cc1. The van der Waals surface area contributed by atoms with Gasteiger partial charge in [-0.1, -0.05) is 26.0 Å². The molecule has 1 unspecified atom stereocenters. The first-order chi connectivity index (χ1) is 11.1. The Hall–Kier alpha value is -1.82. The Bertz CT molecular complexity index is 830. The van der Waals surface area contributed by atoms with Crippen LogP contribution in [0.3, 0.4) is 0 Å². The Morgan fingerprint density at radius 2 is 1.56 bits per heavy atom. The molecule has 0 radical (unpaired) electrons. The molecule has 12 heteroatoms. The van der Waals surface area contributed by atoms with Crippen molar-refractivity contribution in [2.45, 2.75) is 25.3 Å². The third-order valence-corrected chi connectivity index (χ3v) is 4.51. The summed E-state index contributed by atoms with van der Waals surface area (Å²) >= 11 is 0. The highest BCUT2D eigenvalue weighted by molar-refractivity contribution is 7.89. The van der Waals surface area contributed by atoms with E-state index in [0.29, 0.717) is 0 Å². The minimum atomic E-state index is -5.80. The van der Waals surface area contributed by atoms with Gasteiger partial charge in [0.25, 0.3) is 0 Å². The van der Waals surface area contributed by atoms with Crippen molar-refractivity contribution in [3.63, 3.8) is 0 Å². The van der Waals surface area contributed by atoms with E-state index in [9.17, 15) is 34.8 Å². The van der Waals surface area contributed by atoms with Crippen molar-refractivity contribution in [3.8, 4) is 5.75 Å². The summed E-state index contributed by atoms with van der Waals surface area (Å²) in [5.74, 6) is -2.66. The van der Waals surface area contributed by atoms with E-state index in [4.69, 9.17) is 0 Å². The van der Waals surface area contributed by atoms with Gasteiger partial charge < -0.3 is 4.18 Å². The second-order valence-corrected chi connectivity index (χ2v) is 8.80. The van der Waals surface area contributed by atoms with Crippen molar-refractivity contribution >= 4 is 26.0 Å². The number of sulfonamides is 1. The van der Waals surface area contributed by atoms with Crippen LogP contribution in [0.1, 0.15) is 25.3 Å². The lowest BCUT2D eigenvalue weighted by Crippen LogP contribution is -2.35. The number of carbonyl (C=O) groups excluding carboxylic acids is 1. The molecule has 1 N–H and O–H groups in total. The fourth-order valence-corrected chi connectivity index (χ4v) is 2.94. The molecule has 25 heavy (non-hydrogen) atoms. The summed E-state index contributed by atoms with van der Waals surface area (Å²) in [5.41, 5.74) is -5.28. The highest BCUT2D eigenvalue weighted by atomic mass is 32.2. The van der Waals surface area contributed by atoms with E-state index in [-0.39, 0.29) is 11.5 Å². The summed E-state index contributed by atoms with van der Waals surface area (Å²) in [4.78, 5) is 12.1. The maximum Gasteiger partial charge on any atom is 0.534 e. The molecule has 0 saturated carbocycles. The molecule has 7 nitrogen and oxygen atoms in total. The zero-order valence-corrected chi connectivity index (χ0v) is 15.0. The molecular formula is C13H16F3NO6S2. The number of hydrogen-bond donors (Lipinski definition) is 1. The van der Waals surface area contributed by atoms with Gasteiger partial charge in [-0.25, -0.2) is 8.42 Å². The first-order valence-electron chi connectivity index (χ1n) is 6.76. The van der Waals surface area contributed by atoms with Crippen molar-refractivity contribution in [1.82, 2.24) is 4.72 Å². The monoisotopic (exact) mass is 403 g/mol. The van der Waals surface area contributed by atoms with Crippen molar-refractivity contribution < 1.29 is 39.0 Å². The normalized spacial score (nSPS) is 14.2. The third kappa shape index (κ3) is 5.88. The molecule has 0 spiro atoms. The molecule has 0 bridgehead atoms. The molecule has 1 amide bonds.